The molecule has 6 heteroatoms. The van der Waals surface area contributed by atoms with Crippen molar-refractivity contribution < 1.29 is 9.42 Å². The fraction of sp³-hybridized carbons (Fsp3) is 0.100. The van der Waals surface area contributed by atoms with E-state index in [0.29, 0.717) is 11.4 Å². The van der Waals surface area contributed by atoms with Crippen molar-refractivity contribution in [2.24, 2.45) is 0 Å². The van der Waals surface area contributed by atoms with Crippen LogP contribution >= 0.6 is 15.9 Å². The second-order valence-corrected chi connectivity index (χ2v) is 4.07. The Morgan fingerprint density at radius 2 is 2.00 bits per heavy atom. The zero-order chi connectivity index (χ0) is 11.5. The molecule has 2 aromatic rings. The van der Waals surface area contributed by atoms with Gasteiger partial charge in [-0.1, -0.05) is 21.1 Å². The van der Waals surface area contributed by atoms with Gasteiger partial charge in [0.25, 0.3) is 5.91 Å². The average molecular weight is 282 g/mol. The third-order valence-corrected chi connectivity index (χ3v) is 2.50. The minimum Gasteiger partial charge on any atom is -0.320 e. The summed E-state index contributed by atoms with van der Waals surface area (Å²) in [4.78, 5) is 11.7. The standard InChI is InChI=1S/C10H8BrN3O2/c1-6-9(14-16-13-6)10(15)12-8-4-2-7(11)3-5-8/h2-5H,1H3,(H,12,15). The Labute approximate surface area is 99.9 Å². The van der Waals surface area contributed by atoms with Gasteiger partial charge in [0.1, 0.15) is 5.69 Å². The van der Waals surface area contributed by atoms with Gasteiger partial charge in [0, 0.05) is 10.2 Å². The lowest BCUT2D eigenvalue weighted by atomic mass is 10.3. The summed E-state index contributed by atoms with van der Waals surface area (Å²) in [7, 11) is 0. The van der Waals surface area contributed by atoms with E-state index < -0.39 is 0 Å². The van der Waals surface area contributed by atoms with Gasteiger partial charge < -0.3 is 5.32 Å². The van der Waals surface area contributed by atoms with Crippen LogP contribution in [-0.4, -0.2) is 16.2 Å². The number of rotatable bonds is 2. The molecule has 0 saturated heterocycles. The number of hydrogen-bond donors (Lipinski definition) is 1. The maximum Gasteiger partial charge on any atom is 0.279 e. The molecule has 16 heavy (non-hydrogen) atoms. The number of nitrogens with one attached hydrogen (secondary N) is 1. The van der Waals surface area contributed by atoms with Gasteiger partial charge in [0.15, 0.2) is 5.69 Å². The van der Waals surface area contributed by atoms with Crippen LogP contribution in [0.1, 0.15) is 16.2 Å². The molecule has 0 spiro atoms. The van der Waals surface area contributed by atoms with Crippen LogP contribution in [-0.2, 0) is 0 Å². The summed E-state index contributed by atoms with van der Waals surface area (Å²) < 4.78 is 5.40. The molecule has 0 aliphatic heterocycles. The maximum absolute atomic E-state index is 11.7. The highest BCUT2D eigenvalue weighted by molar-refractivity contribution is 9.10. The van der Waals surface area contributed by atoms with Gasteiger partial charge in [-0.2, -0.15) is 0 Å². The Balaban J connectivity index is 2.14. The van der Waals surface area contributed by atoms with E-state index in [0.717, 1.165) is 4.47 Å². The molecular weight excluding hydrogens is 274 g/mol. The molecule has 0 radical (unpaired) electrons. The first-order valence-corrected chi connectivity index (χ1v) is 5.32. The fourth-order valence-electron chi connectivity index (χ4n) is 1.16. The van der Waals surface area contributed by atoms with Gasteiger partial charge in [0.2, 0.25) is 0 Å². The van der Waals surface area contributed by atoms with E-state index in [4.69, 9.17) is 0 Å². The van der Waals surface area contributed by atoms with Crippen LogP contribution in [0.3, 0.4) is 0 Å². The second-order valence-electron chi connectivity index (χ2n) is 3.16. The SMILES string of the molecule is Cc1nonc1C(=O)Nc1ccc(Br)cc1. The third kappa shape index (κ3) is 2.27. The number of hydrogen-bond acceptors (Lipinski definition) is 4. The molecule has 1 aromatic heterocycles. The first-order valence-electron chi connectivity index (χ1n) is 4.53. The van der Waals surface area contributed by atoms with Gasteiger partial charge in [-0.25, -0.2) is 4.63 Å². The summed E-state index contributed by atoms with van der Waals surface area (Å²) >= 11 is 3.31. The second kappa shape index (κ2) is 4.44. The van der Waals surface area contributed by atoms with Crippen molar-refractivity contribution in [2.45, 2.75) is 6.92 Å². The quantitative estimate of drug-likeness (QED) is 0.918. The molecule has 0 unspecified atom stereocenters. The predicted molar refractivity (Wildman–Crippen MR) is 61.1 cm³/mol. The Morgan fingerprint density at radius 3 is 2.56 bits per heavy atom. The van der Waals surface area contributed by atoms with E-state index in [1.807, 2.05) is 12.1 Å². The molecule has 5 nitrogen and oxygen atoms in total. The smallest absolute Gasteiger partial charge is 0.279 e. The molecule has 0 bridgehead atoms. The average Bonchev–Trinajstić information content (AvgIpc) is 2.68. The van der Waals surface area contributed by atoms with Crippen LogP contribution in [0.2, 0.25) is 0 Å². The highest BCUT2D eigenvalue weighted by Crippen LogP contribution is 2.15. The van der Waals surface area contributed by atoms with Crippen molar-refractivity contribution in [3.8, 4) is 0 Å². The summed E-state index contributed by atoms with van der Waals surface area (Å²) in [6.07, 6.45) is 0. The summed E-state index contributed by atoms with van der Waals surface area (Å²) in [5.41, 5.74) is 1.35. The predicted octanol–water partition coefficient (Wildman–Crippen LogP) is 2.39. The van der Waals surface area contributed by atoms with E-state index in [2.05, 4.69) is 36.2 Å². The zero-order valence-electron chi connectivity index (χ0n) is 8.40. The number of carbonyl (C=O) groups excluding carboxylic acids is 1. The monoisotopic (exact) mass is 281 g/mol. The highest BCUT2D eigenvalue weighted by Gasteiger charge is 2.14. The van der Waals surface area contributed by atoms with Gasteiger partial charge in [-0.05, 0) is 36.3 Å². The normalized spacial score (nSPS) is 10.1. The minimum atomic E-state index is -0.332. The molecule has 82 valence electrons. The summed E-state index contributed by atoms with van der Waals surface area (Å²) in [5.74, 6) is -0.332. The molecule has 1 heterocycles. The molecule has 0 aliphatic rings. The van der Waals surface area contributed by atoms with Crippen molar-refractivity contribution >= 4 is 27.5 Å². The summed E-state index contributed by atoms with van der Waals surface area (Å²) in [5, 5.41) is 9.75. The molecule has 0 aliphatic carbocycles. The van der Waals surface area contributed by atoms with Crippen molar-refractivity contribution in [1.82, 2.24) is 10.3 Å². The van der Waals surface area contributed by atoms with Crippen LogP contribution in [0.4, 0.5) is 5.69 Å². The van der Waals surface area contributed by atoms with Crippen molar-refractivity contribution in [2.75, 3.05) is 5.32 Å². The Kier molecular flexibility index (Phi) is 3.00. The van der Waals surface area contributed by atoms with Crippen LogP contribution in [0.25, 0.3) is 0 Å². The first kappa shape index (κ1) is 10.8. The molecule has 0 saturated carbocycles. The number of benzene rings is 1. The number of aryl methyl sites for hydroxylation is 1. The van der Waals surface area contributed by atoms with Crippen LogP contribution in [0.5, 0.6) is 0 Å². The number of aromatic nitrogens is 2. The topological polar surface area (TPSA) is 68.0 Å². The number of halogens is 1. The molecule has 1 aromatic carbocycles. The first-order chi connectivity index (χ1) is 7.66. The van der Waals surface area contributed by atoms with Crippen LogP contribution in [0, 0.1) is 6.92 Å². The molecular formula is C10H8BrN3O2. The molecule has 0 fully saturated rings. The van der Waals surface area contributed by atoms with E-state index in [-0.39, 0.29) is 11.6 Å². The van der Waals surface area contributed by atoms with Crippen LogP contribution < -0.4 is 5.32 Å². The van der Waals surface area contributed by atoms with E-state index in [9.17, 15) is 4.79 Å². The van der Waals surface area contributed by atoms with E-state index in [1.165, 1.54) is 0 Å². The number of nitrogens with zero attached hydrogens (tertiary/aromatic N) is 2. The van der Waals surface area contributed by atoms with Crippen molar-refractivity contribution in [1.29, 1.82) is 0 Å². The van der Waals surface area contributed by atoms with Crippen molar-refractivity contribution in [3.05, 3.63) is 40.1 Å². The van der Waals surface area contributed by atoms with E-state index >= 15 is 0 Å². The maximum atomic E-state index is 11.7. The minimum absolute atomic E-state index is 0.197. The Bertz CT molecular complexity index is 507. The summed E-state index contributed by atoms with van der Waals surface area (Å²) in [6.45, 7) is 1.66. The third-order valence-electron chi connectivity index (χ3n) is 1.97. The molecule has 0 atom stereocenters. The number of amides is 1. The number of carbonyl (C=O) groups is 1. The lowest BCUT2D eigenvalue weighted by Crippen LogP contribution is -2.13. The number of anilines is 1. The Hall–Kier alpha value is -1.69. The molecule has 1 amide bonds. The van der Waals surface area contributed by atoms with Gasteiger partial charge in [-0.15, -0.1) is 0 Å². The van der Waals surface area contributed by atoms with E-state index in [1.54, 1.807) is 19.1 Å². The lowest BCUT2D eigenvalue weighted by molar-refractivity contribution is 0.101. The molecule has 1 N–H and O–H groups in total. The lowest BCUT2D eigenvalue weighted by Gasteiger charge is -2.02. The van der Waals surface area contributed by atoms with Gasteiger partial charge in [-0.3, -0.25) is 4.79 Å². The summed E-state index contributed by atoms with van der Waals surface area (Å²) in [6, 6.07) is 7.24. The zero-order valence-corrected chi connectivity index (χ0v) is 9.98. The van der Waals surface area contributed by atoms with Crippen molar-refractivity contribution in [3.63, 3.8) is 0 Å². The van der Waals surface area contributed by atoms with Gasteiger partial charge >= 0.3 is 0 Å². The van der Waals surface area contributed by atoms with Gasteiger partial charge in [0.05, 0.1) is 0 Å². The van der Waals surface area contributed by atoms with Crippen LogP contribution in [0.15, 0.2) is 33.4 Å². The Morgan fingerprint density at radius 1 is 1.31 bits per heavy atom. The molecule has 2 rings (SSSR count). The largest absolute Gasteiger partial charge is 0.320 e. The highest BCUT2D eigenvalue weighted by atomic mass is 79.9. The fourth-order valence-corrected chi connectivity index (χ4v) is 1.43.